The van der Waals surface area contributed by atoms with Gasteiger partial charge in [0, 0.05) is 23.4 Å². The maximum atomic E-state index is 13.4. The Kier molecular flexibility index (Phi) is 4.14. The van der Waals surface area contributed by atoms with Crippen molar-refractivity contribution in [1.29, 1.82) is 0 Å². The van der Waals surface area contributed by atoms with E-state index in [-0.39, 0.29) is 11.7 Å². The van der Waals surface area contributed by atoms with Crippen LogP contribution in [0.15, 0.2) is 41.3 Å². The van der Waals surface area contributed by atoms with Gasteiger partial charge in [-0.05, 0) is 38.0 Å². The summed E-state index contributed by atoms with van der Waals surface area (Å²) in [7, 11) is 0. The summed E-state index contributed by atoms with van der Waals surface area (Å²) in [6.07, 6.45) is 3.84. The summed E-state index contributed by atoms with van der Waals surface area (Å²) in [6, 6.07) is 9.24. The Balaban J connectivity index is 1.82. The van der Waals surface area contributed by atoms with E-state index in [1.807, 2.05) is 24.3 Å². The lowest BCUT2D eigenvalue weighted by molar-refractivity contribution is 0.0963. The Morgan fingerprint density at radius 2 is 2.18 bits per heavy atom. The van der Waals surface area contributed by atoms with Crippen molar-refractivity contribution in [2.24, 2.45) is 0 Å². The van der Waals surface area contributed by atoms with Crippen LogP contribution < -0.4 is 5.56 Å². The number of pyridine rings is 1. The monoisotopic (exact) mass is 395 g/mol. The molecule has 28 heavy (non-hydrogen) atoms. The van der Waals surface area contributed by atoms with Gasteiger partial charge in [0.15, 0.2) is 0 Å². The smallest absolute Gasteiger partial charge is 0.262 e. The third kappa shape index (κ3) is 2.87. The maximum Gasteiger partial charge on any atom is 0.262 e. The number of hydrogen-bond donors (Lipinski definition) is 0. The molecule has 4 aromatic rings. The van der Waals surface area contributed by atoms with E-state index < -0.39 is 0 Å². The van der Waals surface area contributed by atoms with E-state index >= 15 is 0 Å². The van der Waals surface area contributed by atoms with E-state index in [9.17, 15) is 4.79 Å². The van der Waals surface area contributed by atoms with Gasteiger partial charge in [0.2, 0.25) is 0 Å². The molecule has 0 bridgehead atoms. The quantitative estimate of drug-likeness (QED) is 0.532. The molecular weight excluding hydrogens is 378 g/mol. The van der Waals surface area contributed by atoms with Crippen LogP contribution in [0.1, 0.15) is 18.7 Å². The second-order valence-corrected chi connectivity index (χ2v) is 7.45. The highest BCUT2D eigenvalue weighted by atomic mass is 35.5. The number of aryl methyl sites for hydroxylation is 1. The van der Waals surface area contributed by atoms with Crippen molar-refractivity contribution < 1.29 is 4.74 Å². The van der Waals surface area contributed by atoms with Crippen LogP contribution in [0.4, 0.5) is 0 Å². The van der Waals surface area contributed by atoms with Gasteiger partial charge in [-0.15, -0.1) is 5.10 Å². The summed E-state index contributed by atoms with van der Waals surface area (Å²) in [5, 5.41) is 5.56. The van der Waals surface area contributed by atoms with Crippen LogP contribution in [-0.4, -0.2) is 36.9 Å². The standard InChI is InChI=1S/C20H18ClN5O2/c1-12-22-20-23-16-7-8-25(11-15-6-3-9-28-15)19(27)17(16)18(26(20)24-12)13-4-2-5-14(21)10-13/h2,4-5,7-8,10,15H,3,6,9,11H2,1H3/t15-/m0/s1. The van der Waals surface area contributed by atoms with Crippen molar-refractivity contribution in [3.63, 3.8) is 0 Å². The van der Waals surface area contributed by atoms with Crippen LogP contribution in [0.3, 0.4) is 0 Å². The first-order chi connectivity index (χ1) is 13.6. The molecule has 1 aliphatic heterocycles. The fourth-order valence-electron chi connectivity index (χ4n) is 3.77. The molecule has 0 amide bonds. The Morgan fingerprint density at radius 3 is 2.96 bits per heavy atom. The summed E-state index contributed by atoms with van der Waals surface area (Å²) in [5.41, 5.74) is 1.91. The SMILES string of the molecule is Cc1nc2nc3ccn(C[C@@H]4CCCO4)c(=O)c3c(-c3cccc(Cl)c3)n2n1. The van der Waals surface area contributed by atoms with Crippen LogP contribution in [-0.2, 0) is 11.3 Å². The van der Waals surface area contributed by atoms with Crippen LogP contribution in [0.25, 0.3) is 27.9 Å². The number of aromatic nitrogens is 5. The normalized spacial score (nSPS) is 17.0. The van der Waals surface area contributed by atoms with Gasteiger partial charge in [0.25, 0.3) is 11.3 Å². The molecule has 142 valence electrons. The second kappa shape index (κ2) is 6.68. The number of fused-ring (bicyclic) bond motifs is 2. The molecule has 5 rings (SSSR count). The molecule has 1 aliphatic rings. The summed E-state index contributed by atoms with van der Waals surface area (Å²) < 4.78 is 9.03. The van der Waals surface area contributed by atoms with Crippen molar-refractivity contribution >= 4 is 28.3 Å². The number of halogens is 1. The van der Waals surface area contributed by atoms with Crippen LogP contribution >= 0.6 is 11.6 Å². The molecule has 1 aromatic carbocycles. The van der Waals surface area contributed by atoms with E-state index in [0.29, 0.717) is 39.8 Å². The predicted octanol–water partition coefficient (Wildman–Crippen LogP) is 3.25. The average molecular weight is 396 g/mol. The molecule has 7 nitrogen and oxygen atoms in total. The Labute approximate surface area is 165 Å². The summed E-state index contributed by atoms with van der Waals surface area (Å²) in [6.45, 7) is 3.08. The van der Waals surface area contributed by atoms with Gasteiger partial charge in [-0.3, -0.25) is 4.79 Å². The van der Waals surface area contributed by atoms with E-state index in [4.69, 9.17) is 16.3 Å². The first-order valence-corrected chi connectivity index (χ1v) is 9.62. The lowest BCUT2D eigenvalue weighted by atomic mass is 10.1. The number of benzene rings is 1. The minimum absolute atomic E-state index is 0.0649. The minimum Gasteiger partial charge on any atom is -0.376 e. The number of hydrogen-bond acceptors (Lipinski definition) is 5. The molecule has 0 spiro atoms. The fourth-order valence-corrected chi connectivity index (χ4v) is 3.96. The Morgan fingerprint density at radius 1 is 1.29 bits per heavy atom. The third-order valence-corrected chi connectivity index (χ3v) is 5.27. The molecule has 1 atom stereocenters. The maximum absolute atomic E-state index is 13.4. The zero-order valence-corrected chi connectivity index (χ0v) is 16.1. The van der Waals surface area contributed by atoms with Crippen molar-refractivity contribution in [2.45, 2.75) is 32.4 Å². The molecule has 0 N–H and O–H groups in total. The van der Waals surface area contributed by atoms with Crippen LogP contribution in [0.5, 0.6) is 0 Å². The molecular formula is C20H18ClN5O2. The van der Waals surface area contributed by atoms with Crippen molar-refractivity contribution in [1.82, 2.24) is 24.1 Å². The molecule has 1 fully saturated rings. The highest BCUT2D eigenvalue weighted by Crippen LogP contribution is 2.28. The minimum atomic E-state index is -0.120. The van der Waals surface area contributed by atoms with E-state index in [1.165, 1.54) is 0 Å². The third-order valence-electron chi connectivity index (χ3n) is 5.03. The van der Waals surface area contributed by atoms with Gasteiger partial charge in [0.1, 0.15) is 5.82 Å². The topological polar surface area (TPSA) is 74.3 Å². The number of ether oxygens (including phenoxy) is 1. The van der Waals surface area contributed by atoms with Crippen LogP contribution in [0, 0.1) is 6.92 Å². The molecule has 0 saturated carbocycles. The highest BCUT2D eigenvalue weighted by molar-refractivity contribution is 6.30. The molecule has 3 aromatic heterocycles. The predicted molar refractivity (Wildman–Crippen MR) is 107 cm³/mol. The lowest BCUT2D eigenvalue weighted by Crippen LogP contribution is -2.27. The highest BCUT2D eigenvalue weighted by Gasteiger charge is 2.21. The summed E-state index contributed by atoms with van der Waals surface area (Å²) in [5.74, 6) is 1.04. The lowest BCUT2D eigenvalue weighted by Gasteiger charge is -2.14. The second-order valence-electron chi connectivity index (χ2n) is 7.01. The number of rotatable bonds is 3. The van der Waals surface area contributed by atoms with Crippen LogP contribution in [0.2, 0.25) is 5.02 Å². The largest absolute Gasteiger partial charge is 0.376 e. The molecule has 0 unspecified atom stereocenters. The van der Waals surface area contributed by atoms with Gasteiger partial charge >= 0.3 is 0 Å². The van der Waals surface area contributed by atoms with Gasteiger partial charge in [-0.25, -0.2) is 4.98 Å². The zero-order chi connectivity index (χ0) is 19.3. The first-order valence-electron chi connectivity index (χ1n) is 9.24. The summed E-state index contributed by atoms with van der Waals surface area (Å²) >= 11 is 6.23. The molecule has 1 saturated heterocycles. The van der Waals surface area contributed by atoms with E-state index in [0.717, 1.165) is 25.0 Å². The molecule has 4 heterocycles. The van der Waals surface area contributed by atoms with Gasteiger partial charge in [-0.2, -0.15) is 9.50 Å². The van der Waals surface area contributed by atoms with Crippen molar-refractivity contribution in [3.8, 4) is 11.3 Å². The van der Waals surface area contributed by atoms with Crippen molar-refractivity contribution in [2.75, 3.05) is 6.61 Å². The zero-order valence-electron chi connectivity index (χ0n) is 15.3. The Hall–Kier alpha value is -2.77. The molecule has 0 radical (unpaired) electrons. The van der Waals surface area contributed by atoms with Gasteiger partial charge in [0.05, 0.1) is 29.2 Å². The average Bonchev–Trinajstić information content (AvgIpc) is 3.31. The van der Waals surface area contributed by atoms with Gasteiger partial charge < -0.3 is 9.30 Å². The molecule has 0 aliphatic carbocycles. The van der Waals surface area contributed by atoms with E-state index in [1.54, 1.807) is 28.3 Å². The van der Waals surface area contributed by atoms with Crippen molar-refractivity contribution in [3.05, 3.63) is 57.7 Å². The number of nitrogens with zero attached hydrogens (tertiary/aromatic N) is 5. The van der Waals surface area contributed by atoms with E-state index in [2.05, 4.69) is 15.1 Å². The van der Waals surface area contributed by atoms with Gasteiger partial charge in [-0.1, -0.05) is 23.7 Å². The fraction of sp³-hybridized carbons (Fsp3) is 0.300. The summed E-state index contributed by atoms with van der Waals surface area (Å²) in [4.78, 5) is 22.4. The molecule has 8 heteroatoms. The first kappa shape index (κ1) is 17.3. The Bertz CT molecular complexity index is 1260.